The Morgan fingerprint density at radius 3 is 3.00 bits per heavy atom. The van der Waals surface area contributed by atoms with Crippen LogP contribution in [0.25, 0.3) is 0 Å². The van der Waals surface area contributed by atoms with Crippen LogP contribution in [0.4, 0.5) is 0 Å². The maximum atomic E-state index is 8.87. The molecule has 17 heavy (non-hydrogen) atoms. The van der Waals surface area contributed by atoms with Gasteiger partial charge in [-0.25, -0.2) is 0 Å². The molecule has 1 unspecified atom stereocenters. The molecule has 0 radical (unpaired) electrons. The topological polar surface area (TPSA) is 32.7 Å². The smallest absolute Gasteiger partial charge is 0.0954 e. The number of hydrogen-bond acceptors (Lipinski definition) is 3. The molecule has 1 N–H and O–H groups in total. The molecule has 0 aromatic heterocycles. The number of morpholine rings is 1. The Morgan fingerprint density at radius 2 is 2.24 bits per heavy atom. The molecule has 1 aliphatic heterocycles. The average molecular weight is 235 g/mol. The molecule has 0 saturated carbocycles. The quantitative estimate of drug-likeness (QED) is 0.863. The van der Waals surface area contributed by atoms with Gasteiger partial charge >= 0.3 is 0 Å². The van der Waals surface area contributed by atoms with Crippen LogP contribution < -0.4 is 0 Å². The fourth-order valence-corrected chi connectivity index (χ4v) is 2.34. The summed E-state index contributed by atoms with van der Waals surface area (Å²) in [6.07, 6.45) is 1.03. The third kappa shape index (κ3) is 3.28. The minimum Gasteiger partial charge on any atom is -0.396 e. The van der Waals surface area contributed by atoms with Crippen molar-refractivity contribution in [2.75, 3.05) is 32.8 Å². The van der Waals surface area contributed by atoms with Gasteiger partial charge in [0.25, 0.3) is 0 Å². The first-order valence-electron chi connectivity index (χ1n) is 6.31. The van der Waals surface area contributed by atoms with Crippen molar-refractivity contribution in [3.8, 4) is 0 Å². The molecule has 0 aliphatic carbocycles. The highest BCUT2D eigenvalue weighted by molar-refractivity contribution is 5.28. The number of ether oxygens (including phenoxy) is 1. The second-order valence-electron chi connectivity index (χ2n) is 4.59. The van der Waals surface area contributed by atoms with Gasteiger partial charge in [-0.2, -0.15) is 0 Å². The number of aryl methyl sites for hydroxylation is 1. The lowest BCUT2D eigenvalue weighted by atomic mass is 10.0. The first-order chi connectivity index (χ1) is 8.31. The lowest BCUT2D eigenvalue weighted by molar-refractivity contribution is -0.0315. The lowest BCUT2D eigenvalue weighted by Gasteiger charge is -2.33. The molecule has 1 atom stereocenters. The van der Waals surface area contributed by atoms with Crippen LogP contribution in [0.5, 0.6) is 0 Å². The summed E-state index contributed by atoms with van der Waals surface area (Å²) >= 11 is 0. The van der Waals surface area contributed by atoms with Gasteiger partial charge in [0.05, 0.1) is 12.7 Å². The van der Waals surface area contributed by atoms with Crippen LogP contribution >= 0.6 is 0 Å². The van der Waals surface area contributed by atoms with E-state index in [0.29, 0.717) is 0 Å². The highest BCUT2D eigenvalue weighted by Crippen LogP contribution is 2.24. The van der Waals surface area contributed by atoms with E-state index in [1.807, 2.05) is 0 Å². The maximum absolute atomic E-state index is 8.87. The molecule has 2 rings (SSSR count). The summed E-state index contributed by atoms with van der Waals surface area (Å²) in [5.74, 6) is 0. The zero-order chi connectivity index (χ0) is 12.1. The standard InChI is InChI=1S/C14H21NO2/c1-12-5-2-3-6-13(12)14-11-15(7-4-9-16)8-10-17-14/h2-3,5-6,14,16H,4,7-11H2,1H3. The maximum Gasteiger partial charge on any atom is 0.0954 e. The van der Waals surface area contributed by atoms with Gasteiger partial charge in [0.15, 0.2) is 0 Å². The van der Waals surface area contributed by atoms with Crippen molar-refractivity contribution in [3.05, 3.63) is 35.4 Å². The predicted octanol–water partition coefficient (Wildman–Crippen LogP) is 1.75. The second kappa shape index (κ2) is 6.15. The Labute approximate surface area is 103 Å². The SMILES string of the molecule is Cc1ccccc1C1CN(CCCO)CCO1. The molecule has 0 bridgehead atoms. The Balaban J connectivity index is 1.99. The van der Waals surface area contributed by atoms with Crippen LogP contribution in [0.1, 0.15) is 23.7 Å². The average Bonchev–Trinajstić information content (AvgIpc) is 2.37. The van der Waals surface area contributed by atoms with E-state index in [-0.39, 0.29) is 12.7 Å². The van der Waals surface area contributed by atoms with E-state index in [1.54, 1.807) is 0 Å². The van der Waals surface area contributed by atoms with Crippen molar-refractivity contribution in [2.24, 2.45) is 0 Å². The Morgan fingerprint density at radius 1 is 1.41 bits per heavy atom. The van der Waals surface area contributed by atoms with Gasteiger partial charge in [-0.15, -0.1) is 0 Å². The Kier molecular flexibility index (Phi) is 4.54. The fourth-order valence-electron chi connectivity index (χ4n) is 2.34. The van der Waals surface area contributed by atoms with Crippen molar-refractivity contribution in [2.45, 2.75) is 19.4 Å². The molecule has 1 aromatic carbocycles. The van der Waals surface area contributed by atoms with E-state index in [9.17, 15) is 0 Å². The number of rotatable bonds is 4. The third-order valence-corrected chi connectivity index (χ3v) is 3.32. The van der Waals surface area contributed by atoms with Crippen LogP contribution in [-0.2, 0) is 4.74 Å². The molecule has 1 heterocycles. The third-order valence-electron chi connectivity index (χ3n) is 3.32. The van der Waals surface area contributed by atoms with Crippen molar-refractivity contribution in [1.29, 1.82) is 0 Å². The first-order valence-corrected chi connectivity index (χ1v) is 6.31. The summed E-state index contributed by atoms with van der Waals surface area (Å²) in [6, 6.07) is 8.41. The predicted molar refractivity (Wildman–Crippen MR) is 68.0 cm³/mol. The van der Waals surface area contributed by atoms with E-state index in [1.165, 1.54) is 11.1 Å². The summed E-state index contributed by atoms with van der Waals surface area (Å²) in [6.45, 7) is 6.05. The van der Waals surface area contributed by atoms with Crippen molar-refractivity contribution in [3.63, 3.8) is 0 Å². The highest BCUT2D eigenvalue weighted by Gasteiger charge is 2.22. The highest BCUT2D eigenvalue weighted by atomic mass is 16.5. The van der Waals surface area contributed by atoms with Gasteiger partial charge < -0.3 is 9.84 Å². The molecular formula is C14H21NO2. The molecule has 0 amide bonds. The van der Waals surface area contributed by atoms with Gasteiger partial charge in [-0.1, -0.05) is 24.3 Å². The number of aliphatic hydroxyl groups excluding tert-OH is 1. The van der Waals surface area contributed by atoms with E-state index in [0.717, 1.165) is 32.7 Å². The largest absolute Gasteiger partial charge is 0.396 e. The molecule has 1 aliphatic rings. The number of aliphatic hydroxyl groups is 1. The van der Waals surface area contributed by atoms with E-state index >= 15 is 0 Å². The van der Waals surface area contributed by atoms with E-state index < -0.39 is 0 Å². The molecule has 1 fully saturated rings. The van der Waals surface area contributed by atoms with E-state index in [2.05, 4.69) is 36.1 Å². The minimum atomic E-state index is 0.184. The summed E-state index contributed by atoms with van der Waals surface area (Å²) < 4.78 is 5.85. The minimum absolute atomic E-state index is 0.184. The van der Waals surface area contributed by atoms with Crippen LogP contribution in [0.2, 0.25) is 0 Å². The summed E-state index contributed by atoms with van der Waals surface area (Å²) in [7, 11) is 0. The normalized spacial score (nSPS) is 21.6. The van der Waals surface area contributed by atoms with Crippen LogP contribution in [0.15, 0.2) is 24.3 Å². The molecule has 94 valence electrons. The zero-order valence-corrected chi connectivity index (χ0v) is 10.4. The molecular weight excluding hydrogens is 214 g/mol. The Hall–Kier alpha value is -0.900. The monoisotopic (exact) mass is 235 g/mol. The first kappa shape index (κ1) is 12.6. The van der Waals surface area contributed by atoms with Gasteiger partial charge in [-0.3, -0.25) is 4.90 Å². The van der Waals surface area contributed by atoms with Crippen molar-refractivity contribution < 1.29 is 9.84 Å². The van der Waals surface area contributed by atoms with Crippen LogP contribution in [0.3, 0.4) is 0 Å². The van der Waals surface area contributed by atoms with Crippen LogP contribution in [-0.4, -0.2) is 42.9 Å². The van der Waals surface area contributed by atoms with Gasteiger partial charge in [-0.05, 0) is 24.5 Å². The number of nitrogens with zero attached hydrogens (tertiary/aromatic N) is 1. The molecule has 3 nitrogen and oxygen atoms in total. The Bertz CT molecular complexity index is 354. The summed E-state index contributed by atoms with van der Waals surface area (Å²) in [5.41, 5.74) is 2.59. The summed E-state index contributed by atoms with van der Waals surface area (Å²) in [4.78, 5) is 2.37. The van der Waals surface area contributed by atoms with Crippen molar-refractivity contribution >= 4 is 0 Å². The molecule has 1 aromatic rings. The van der Waals surface area contributed by atoms with E-state index in [4.69, 9.17) is 9.84 Å². The summed E-state index contributed by atoms with van der Waals surface area (Å²) in [5, 5.41) is 8.87. The van der Waals surface area contributed by atoms with Crippen LogP contribution in [0, 0.1) is 6.92 Å². The molecule has 1 saturated heterocycles. The van der Waals surface area contributed by atoms with Crippen molar-refractivity contribution in [1.82, 2.24) is 4.90 Å². The van der Waals surface area contributed by atoms with Gasteiger partial charge in [0, 0.05) is 26.2 Å². The lowest BCUT2D eigenvalue weighted by Crippen LogP contribution is -2.39. The van der Waals surface area contributed by atoms with Gasteiger partial charge in [0.1, 0.15) is 0 Å². The number of hydrogen-bond donors (Lipinski definition) is 1. The fraction of sp³-hybridized carbons (Fsp3) is 0.571. The molecule has 0 spiro atoms. The second-order valence-corrected chi connectivity index (χ2v) is 4.59. The van der Waals surface area contributed by atoms with Gasteiger partial charge in [0.2, 0.25) is 0 Å². The zero-order valence-electron chi connectivity index (χ0n) is 10.4. The molecule has 3 heteroatoms. The number of benzene rings is 1.